The zero-order valence-electron chi connectivity index (χ0n) is 21.6. The average Bonchev–Trinajstić information content (AvgIpc) is 2.79. The Morgan fingerprint density at radius 3 is 2.65 bits per heavy atom. The first-order valence-corrected chi connectivity index (χ1v) is 11.0. The second kappa shape index (κ2) is 11.2. The summed E-state index contributed by atoms with van der Waals surface area (Å²) in [6.07, 6.45) is 1.60. The molecule has 0 aliphatic heterocycles. The van der Waals surface area contributed by atoms with Crippen molar-refractivity contribution in [1.29, 1.82) is 0 Å². The number of thioether (sulfide) groups is 1. The fourth-order valence-electron chi connectivity index (χ4n) is 2.29. The van der Waals surface area contributed by atoms with Gasteiger partial charge in [0.25, 0.3) is 0 Å². The zero-order valence-corrected chi connectivity index (χ0v) is 18.3. The molecule has 1 aromatic carbocycles. The number of hydrogen-bond acceptors (Lipinski definition) is 8. The standard InChI is InChI=1S/C19H23N4O6PS/c1-13(23(12-24)11-16-10-21-14(2)22-18(16)20)17(8-9-29-30(26,27)28)31-19(25)15-6-4-3-5-7-15/h3-7,10,12H,8-9,11H2,1-2H3,(H2,20,21,22)(H2,26,27,28)/b17-13-/i3D,4D,5D,6D,7D. The number of nitrogen functional groups attached to an aromatic ring is 1. The molecule has 2 rings (SSSR count). The normalized spacial score (nSPS) is 14.5. The molecule has 0 fully saturated rings. The van der Waals surface area contributed by atoms with Crippen LogP contribution in [0.5, 0.6) is 0 Å². The van der Waals surface area contributed by atoms with Crippen LogP contribution >= 0.6 is 19.6 Å². The fourth-order valence-corrected chi connectivity index (χ4v) is 3.50. The second-order valence-electron chi connectivity index (χ2n) is 6.03. The third kappa shape index (κ3) is 7.89. The highest BCUT2D eigenvalue weighted by Gasteiger charge is 2.20. The Kier molecular flexibility index (Phi) is 6.51. The van der Waals surface area contributed by atoms with Crippen molar-refractivity contribution < 1.29 is 35.3 Å². The van der Waals surface area contributed by atoms with E-state index in [4.69, 9.17) is 22.4 Å². The minimum atomic E-state index is -4.84. The number of carbonyl (C=O) groups is 2. The molecule has 0 atom stereocenters. The highest BCUT2D eigenvalue weighted by Crippen LogP contribution is 2.37. The summed E-state index contributed by atoms with van der Waals surface area (Å²) in [5, 5.41) is -0.929. The summed E-state index contributed by atoms with van der Waals surface area (Å²) in [7, 11) is -4.84. The van der Waals surface area contributed by atoms with Gasteiger partial charge < -0.3 is 20.4 Å². The first-order chi connectivity index (χ1) is 16.7. The number of anilines is 1. The molecule has 0 saturated carbocycles. The molecule has 0 aliphatic rings. The monoisotopic (exact) mass is 471 g/mol. The molecule has 166 valence electrons. The van der Waals surface area contributed by atoms with Crippen LogP contribution in [0.25, 0.3) is 0 Å². The molecule has 4 N–H and O–H groups in total. The predicted molar refractivity (Wildman–Crippen MR) is 116 cm³/mol. The van der Waals surface area contributed by atoms with Crippen molar-refractivity contribution in [1.82, 2.24) is 14.9 Å². The van der Waals surface area contributed by atoms with E-state index < -0.39 is 55.3 Å². The lowest BCUT2D eigenvalue weighted by Crippen LogP contribution is -2.22. The van der Waals surface area contributed by atoms with Gasteiger partial charge in [0.15, 0.2) is 0 Å². The van der Waals surface area contributed by atoms with Gasteiger partial charge in [0, 0.05) is 34.3 Å². The number of hydrogen-bond donors (Lipinski definition) is 3. The summed E-state index contributed by atoms with van der Waals surface area (Å²) < 4.78 is 54.8. The Balaban J connectivity index is 2.49. The molecule has 0 aliphatic carbocycles. The number of phosphoric acid groups is 1. The van der Waals surface area contributed by atoms with Crippen LogP contribution in [0.1, 0.15) is 41.9 Å². The Morgan fingerprint density at radius 2 is 2.06 bits per heavy atom. The predicted octanol–water partition coefficient (Wildman–Crippen LogP) is 2.63. The summed E-state index contributed by atoms with van der Waals surface area (Å²) in [6, 6.07) is -3.48. The number of allylic oxidation sites excluding steroid dienone is 1. The summed E-state index contributed by atoms with van der Waals surface area (Å²) in [5.41, 5.74) is 5.87. The Labute approximate surface area is 190 Å². The Bertz CT molecular complexity index is 1250. The number of aryl methyl sites for hydroxylation is 1. The SMILES string of the molecule is [2H]c1c([2H])c([2H])c(C(=O)S/C(CCOP(=O)(O)O)=C(/C)N(C=O)Cc2cnc(C)nc2N)c([2H])c1[2H]. The van der Waals surface area contributed by atoms with Gasteiger partial charge in [-0.05, 0) is 25.6 Å². The Morgan fingerprint density at radius 1 is 1.39 bits per heavy atom. The minimum absolute atomic E-state index is 0.0963. The molecule has 0 saturated heterocycles. The molecule has 1 aromatic heterocycles. The number of benzene rings is 1. The first kappa shape index (κ1) is 18.1. The molecule has 12 heteroatoms. The van der Waals surface area contributed by atoms with Crippen LogP contribution in [-0.2, 0) is 20.4 Å². The van der Waals surface area contributed by atoms with E-state index in [0.717, 1.165) is 4.90 Å². The highest BCUT2D eigenvalue weighted by molar-refractivity contribution is 8.17. The van der Waals surface area contributed by atoms with E-state index >= 15 is 0 Å². The topological polar surface area (TPSA) is 156 Å². The summed E-state index contributed by atoms with van der Waals surface area (Å²) in [5.74, 6) is 0.535. The molecule has 1 heterocycles. The molecule has 31 heavy (non-hydrogen) atoms. The van der Waals surface area contributed by atoms with Gasteiger partial charge in [0.1, 0.15) is 11.6 Å². The highest BCUT2D eigenvalue weighted by atomic mass is 32.2. The minimum Gasteiger partial charge on any atom is -0.383 e. The summed E-state index contributed by atoms with van der Waals surface area (Å²) in [6.45, 7) is 2.44. The summed E-state index contributed by atoms with van der Waals surface area (Å²) >= 11 is 0.446. The molecular weight excluding hydrogens is 443 g/mol. The van der Waals surface area contributed by atoms with E-state index in [1.807, 2.05) is 0 Å². The smallest absolute Gasteiger partial charge is 0.383 e. The lowest BCUT2D eigenvalue weighted by Gasteiger charge is -2.22. The maximum absolute atomic E-state index is 13.1. The number of amides is 1. The molecule has 0 spiro atoms. The van der Waals surface area contributed by atoms with E-state index in [1.165, 1.54) is 13.1 Å². The number of nitrogens with zero attached hydrogens (tertiary/aromatic N) is 3. The quantitative estimate of drug-likeness (QED) is 0.348. The molecule has 2 aromatic rings. The van der Waals surface area contributed by atoms with Gasteiger partial charge in [-0.15, -0.1) is 0 Å². The van der Waals surface area contributed by atoms with E-state index in [-0.39, 0.29) is 29.4 Å². The molecule has 10 nitrogen and oxygen atoms in total. The van der Waals surface area contributed by atoms with Gasteiger partial charge >= 0.3 is 7.82 Å². The van der Waals surface area contributed by atoms with Crippen molar-refractivity contribution in [3.63, 3.8) is 0 Å². The van der Waals surface area contributed by atoms with Gasteiger partial charge in [-0.1, -0.05) is 30.2 Å². The van der Waals surface area contributed by atoms with Gasteiger partial charge in [0.05, 0.1) is 20.0 Å². The van der Waals surface area contributed by atoms with Crippen molar-refractivity contribution >= 4 is 36.9 Å². The lowest BCUT2D eigenvalue weighted by molar-refractivity contribution is -0.116. The van der Waals surface area contributed by atoms with E-state index in [0.29, 0.717) is 29.6 Å². The van der Waals surface area contributed by atoms with Crippen LogP contribution in [0, 0.1) is 6.92 Å². The van der Waals surface area contributed by atoms with Crippen LogP contribution in [0.3, 0.4) is 0 Å². The van der Waals surface area contributed by atoms with Crippen molar-refractivity contribution in [2.45, 2.75) is 26.8 Å². The Hall–Kier alpha value is -2.56. The number of rotatable bonds is 10. The second-order valence-corrected chi connectivity index (χ2v) is 8.34. The van der Waals surface area contributed by atoms with Crippen LogP contribution in [0.15, 0.2) is 47.0 Å². The maximum Gasteiger partial charge on any atom is 0.469 e. The van der Waals surface area contributed by atoms with Crippen molar-refractivity contribution in [3.8, 4) is 0 Å². The van der Waals surface area contributed by atoms with Gasteiger partial charge in [-0.3, -0.25) is 14.1 Å². The van der Waals surface area contributed by atoms with Crippen molar-refractivity contribution in [2.24, 2.45) is 0 Å². The number of phosphoric ester groups is 1. The zero-order chi connectivity index (χ0) is 27.4. The molecule has 0 radical (unpaired) electrons. The summed E-state index contributed by atoms with van der Waals surface area (Å²) in [4.78, 5) is 52.2. The molecule has 1 amide bonds. The molecular formula is C19H23N4O6PS. The number of aromatic nitrogens is 2. The van der Waals surface area contributed by atoms with E-state index in [1.54, 1.807) is 6.92 Å². The van der Waals surface area contributed by atoms with E-state index in [9.17, 15) is 14.2 Å². The number of carbonyl (C=O) groups excluding carboxylic acids is 2. The fraction of sp³-hybridized carbons (Fsp3) is 0.263. The third-order valence-corrected chi connectivity index (χ3v) is 5.48. The molecule has 0 bridgehead atoms. The van der Waals surface area contributed by atoms with Crippen LogP contribution in [-0.4, -0.2) is 42.8 Å². The van der Waals surface area contributed by atoms with Gasteiger partial charge in [0.2, 0.25) is 11.5 Å². The first-order valence-electron chi connectivity index (χ1n) is 11.2. The third-order valence-electron chi connectivity index (χ3n) is 3.83. The van der Waals surface area contributed by atoms with Crippen LogP contribution < -0.4 is 5.73 Å². The van der Waals surface area contributed by atoms with Crippen molar-refractivity contribution in [2.75, 3.05) is 12.3 Å². The average molecular weight is 471 g/mol. The number of nitrogens with two attached hydrogens (primary N) is 1. The maximum atomic E-state index is 13.1. The van der Waals surface area contributed by atoms with Crippen LogP contribution in [0.4, 0.5) is 5.82 Å². The molecule has 0 unspecified atom stereocenters. The van der Waals surface area contributed by atoms with Crippen LogP contribution in [0.2, 0.25) is 0 Å². The van der Waals surface area contributed by atoms with E-state index in [2.05, 4.69) is 14.5 Å². The van der Waals surface area contributed by atoms with Crippen molar-refractivity contribution in [3.05, 3.63) is 64.0 Å². The lowest BCUT2D eigenvalue weighted by atomic mass is 10.2. The van der Waals surface area contributed by atoms with Gasteiger partial charge in [-0.25, -0.2) is 14.5 Å². The van der Waals surface area contributed by atoms with Gasteiger partial charge in [-0.2, -0.15) is 0 Å². The largest absolute Gasteiger partial charge is 0.469 e.